The van der Waals surface area contributed by atoms with Crippen molar-refractivity contribution in [2.75, 3.05) is 11.4 Å². The third-order valence-corrected chi connectivity index (χ3v) is 2.94. The molecular weight excluding hydrogens is 236 g/mol. The topological polar surface area (TPSA) is 80.5 Å². The Hall–Kier alpha value is -2.24. The van der Waals surface area contributed by atoms with Crippen LogP contribution in [0.4, 0.5) is 11.4 Å². The number of nitro benzene ring substituents is 1. The molecule has 6 heteroatoms. The van der Waals surface area contributed by atoms with Gasteiger partial charge in [0.25, 0.3) is 5.69 Å². The van der Waals surface area contributed by atoms with E-state index in [-0.39, 0.29) is 18.0 Å². The van der Waals surface area contributed by atoms with Crippen LogP contribution in [-0.2, 0) is 16.0 Å². The number of non-ortho nitro benzene ring substituents is 1. The minimum absolute atomic E-state index is 0.0263. The van der Waals surface area contributed by atoms with Crippen LogP contribution in [0.2, 0.25) is 0 Å². The predicted molar refractivity (Wildman–Crippen MR) is 64.5 cm³/mol. The van der Waals surface area contributed by atoms with E-state index in [9.17, 15) is 19.7 Å². The SMILES string of the molecule is O=CCCN1C(=O)CCc2cc([N+](=O)[O-])ccc21. The Balaban J connectivity index is 2.35. The number of nitrogens with zero attached hydrogens (tertiary/aromatic N) is 2. The van der Waals surface area contributed by atoms with Crippen molar-refractivity contribution in [3.05, 3.63) is 33.9 Å². The lowest BCUT2D eigenvalue weighted by Crippen LogP contribution is -2.36. The van der Waals surface area contributed by atoms with Crippen LogP contribution < -0.4 is 4.90 Å². The van der Waals surface area contributed by atoms with E-state index in [1.54, 1.807) is 6.07 Å². The lowest BCUT2D eigenvalue weighted by atomic mass is 10.0. The van der Waals surface area contributed by atoms with Gasteiger partial charge in [-0.3, -0.25) is 14.9 Å². The monoisotopic (exact) mass is 248 g/mol. The molecule has 0 saturated carbocycles. The van der Waals surface area contributed by atoms with Gasteiger partial charge in [0.05, 0.1) is 4.92 Å². The van der Waals surface area contributed by atoms with E-state index in [2.05, 4.69) is 0 Å². The molecule has 0 aromatic heterocycles. The van der Waals surface area contributed by atoms with Crippen molar-refractivity contribution in [2.45, 2.75) is 19.3 Å². The summed E-state index contributed by atoms with van der Waals surface area (Å²) in [6.07, 6.45) is 1.86. The minimum Gasteiger partial charge on any atom is -0.312 e. The molecule has 2 rings (SSSR count). The molecule has 0 N–H and O–H groups in total. The summed E-state index contributed by atoms with van der Waals surface area (Å²) >= 11 is 0. The van der Waals surface area contributed by atoms with E-state index in [1.165, 1.54) is 17.0 Å². The Morgan fingerprint density at radius 3 is 2.83 bits per heavy atom. The fraction of sp³-hybridized carbons (Fsp3) is 0.333. The molecule has 1 aliphatic rings. The Morgan fingerprint density at radius 1 is 1.39 bits per heavy atom. The highest BCUT2D eigenvalue weighted by Crippen LogP contribution is 2.30. The molecule has 0 radical (unpaired) electrons. The van der Waals surface area contributed by atoms with E-state index in [0.29, 0.717) is 25.1 Å². The average molecular weight is 248 g/mol. The number of rotatable bonds is 4. The van der Waals surface area contributed by atoms with Gasteiger partial charge in [0.15, 0.2) is 0 Å². The molecule has 0 atom stereocenters. The summed E-state index contributed by atoms with van der Waals surface area (Å²) in [6.45, 7) is 0.327. The third kappa shape index (κ3) is 2.22. The van der Waals surface area contributed by atoms with Gasteiger partial charge in [-0.15, -0.1) is 0 Å². The molecule has 1 aromatic rings. The van der Waals surface area contributed by atoms with Crippen LogP contribution in [0.25, 0.3) is 0 Å². The van der Waals surface area contributed by atoms with Crippen molar-refractivity contribution in [3.8, 4) is 0 Å². The number of hydrogen-bond acceptors (Lipinski definition) is 4. The van der Waals surface area contributed by atoms with Gasteiger partial charge >= 0.3 is 0 Å². The molecular formula is C12H12N2O4. The number of fused-ring (bicyclic) bond motifs is 1. The standard InChI is InChI=1S/C12H12N2O4/c15-7-1-6-13-11-4-3-10(14(17)18)8-9(11)2-5-12(13)16/h3-4,7-8H,1-2,5-6H2. The van der Waals surface area contributed by atoms with Crippen molar-refractivity contribution in [2.24, 2.45) is 0 Å². The van der Waals surface area contributed by atoms with Gasteiger partial charge in [0.2, 0.25) is 5.91 Å². The summed E-state index contributed by atoms with van der Waals surface area (Å²) in [5.74, 6) is -0.0433. The predicted octanol–water partition coefficient (Wildman–Crippen LogP) is 1.46. The van der Waals surface area contributed by atoms with Gasteiger partial charge in [0, 0.05) is 37.2 Å². The third-order valence-electron chi connectivity index (χ3n) is 2.94. The highest BCUT2D eigenvalue weighted by molar-refractivity contribution is 5.96. The van der Waals surface area contributed by atoms with Gasteiger partial charge in [-0.25, -0.2) is 0 Å². The lowest BCUT2D eigenvalue weighted by molar-refractivity contribution is -0.384. The number of carbonyl (C=O) groups is 2. The molecule has 0 fully saturated rings. The van der Waals surface area contributed by atoms with Crippen LogP contribution in [0.1, 0.15) is 18.4 Å². The largest absolute Gasteiger partial charge is 0.312 e. The van der Waals surface area contributed by atoms with Crippen molar-refractivity contribution >= 4 is 23.6 Å². The number of anilines is 1. The summed E-state index contributed by atoms with van der Waals surface area (Å²) in [5.41, 5.74) is 1.49. The summed E-state index contributed by atoms with van der Waals surface area (Å²) in [7, 11) is 0. The normalized spacial score (nSPS) is 14.2. The molecule has 1 aliphatic heterocycles. The van der Waals surface area contributed by atoms with E-state index >= 15 is 0 Å². The van der Waals surface area contributed by atoms with E-state index in [4.69, 9.17) is 0 Å². The van der Waals surface area contributed by atoms with E-state index < -0.39 is 4.92 Å². The number of aldehydes is 1. The number of hydrogen-bond donors (Lipinski definition) is 0. The Labute approximate surface area is 103 Å². The zero-order valence-electron chi connectivity index (χ0n) is 9.67. The molecule has 0 aliphatic carbocycles. The zero-order valence-corrected chi connectivity index (χ0v) is 9.67. The van der Waals surface area contributed by atoms with Gasteiger partial charge in [0.1, 0.15) is 6.29 Å². The number of amides is 1. The van der Waals surface area contributed by atoms with Crippen LogP contribution in [0.5, 0.6) is 0 Å². The van der Waals surface area contributed by atoms with Crippen molar-refractivity contribution in [1.82, 2.24) is 0 Å². The molecule has 1 amide bonds. The van der Waals surface area contributed by atoms with E-state index in [0.717, 1.165) is 11.8 Å². The lowest BCUT2D eigenvalue weighted by Gasteiger charge is -2.28. The molecule has 0 unspecified atom stereocenters. The van der Waals surface area contributed by atoms with Crippen molar-refractivity contribution < 1.29 is 14.5 Å². The fourth-order valence-corrected chi connectivity index (χ4v) is 2.09. The highest BCUT2D eigenvalue weighted by Gasteiger charge is 2.25. The second-order valence-electron chi connectivity index (χ2n) is 4.07. The maximum absolute atomic E-state index is 11.8. The van der Waals surface area contributed by atoms with Crippen molar-refractivity contribution in [1.29, 1.82) is 0 Å². The van der Waals surface area contributed by atoms with Gasteiger partial charge < -0.3 is 9.69 Å². The molecule has 6 nitrogen and oxygen atoms in total. The summed E-state index contributed by atoms with van der Waals surface area (Å²) in [6, 6.07) is 4.45. The summed E-state index contributed by atoms with van der Waals surface area (Å²) < 4.78 is 0. The molecule has 1 aromatic carbocycles. The number of nitro groups is 1. The Morgan fingerprint density at radius 2 is 2.17 bits per heavy atom. The van der Waals surface area contributed by atoms with Crippen LogP contribution >= 0.6 is 0 Å². The number of benzene rings is 1. The summed E-state index contributed by atoms with van der Waals surface area (Å²) in [4.78, 5) is 33.9. The second kappa shape index (κ2) is 4.95. The minimum atomic E-state index is -0.452. The Kier molecular flexibility index (Phi) is 3.36. The van der Waals surface area contributed by atoms with E-state index in [1.807, 2.05) is 0 Å². The Bertz CT molecular complexity index is 513. The van der Waals surface area contributed by atoms with Crippen molar-refractivity contribution in [3.63, 3.8) is 0 Å². The maximum Gasteiger partial charge on any atom is 0.269 e. The van der Waals surface area contributed by atoms with Crippen LogP contribution in [0.3, 0.4) is 0 Å². The molecule has 0 bridgehead atoms. The van der Waals surface area contributed by atoms with Crippen LogP contribution in [0, 0.1) is 10.1 Å². The molecule has 94 valence electrons. The van der Waals surface area contributed by atoms with Gasteiger partial charge in [-0.1, -0.05) is 0 Å². The first-order chi connectivity index (χ1) is 8.63. The molecule has 0 saturated heterocycles. The average Bonchev–Trinajstić information content (AvgIpc) is 2.37. The molecule has 18 heavy (non-hydrogen) atoms. The zero-order chi connectivity index (χ0) is 13.1. The van der Waals surface area contributed by atoms with Crippen LogP contribution in [-0.4, -0.2) is 23.7 Å². The first-order valence-corrected chi connectivity index (χ1v) is 5.65. The number of carbonyl (C=O) groups excluding carboxylic acids is 2. The van der Waals surface area contributed by atoms with Gasteiger partial charge in [-0.05, 0) is 18.1 Å². The molecule has 0 spiro atoms. The smallest absolute Gasteiger partial charge is 0.269 e. The second-order valence-corrected chi connectivity index (χ2v) is 4.07. The first kappa shape index (κ1) is 12.2. The van der Waals surface area contributed by atoms with Gasteiger partial charge in [-0.2, -0.15) is 0 Å². The first-order valence-electron chi connectivity index (χ1n) is 5.65. The quantitative estimate of drug-likeness (QED) is 0.459. The summed E-state index contributed by atoms with van der Waals surface area (Å²) in [5, 5.41) is 10.7. The number of aryl methyl sites for hydroxylation is 1. The van der Waals surface area contributed by atoms with Crippen LogP contribution in [0.15, 0.2) is 18.2 Å². The highest BCUT2D eigenvalue weighted by atomic mass is 16.6. The molecule has 1 heterocycles. The fourth-order valence-electron chi connectivity index (χ4n) is 2.09. The maximum atomic E-state index is 11.8.